The number of hydrogen-bond acceptors (Lipinski definition) is 5. The van der Waals surface area contributed by atoms with Gasteiger partial charge in [0.15, 0.2) is 5.76 Å². The summed E-state index contributed by atoms with van der Waals surface area (Å²) in [6.07, 6.45) is 0. The van der Waals surface area contributed by atoms with Crippen LogP contribution in [-0.2, 0) is 6.61 Å². The fraction of sp³-hybridized carbons (Fsp3) is 0.0455. The molecule has 0 spiro atoms. The van der Waals surface area contributed by atoms with Crippen LogP contribution >= 0.6 is 11.6 Å². The van der Waals surface area contributed by atoms with E-state index in [2.05, 4.69) is 0 Å². The van der Waals surface area contributed by atoms with Crippen LogP contribution in [0.5, 0.6) is 17.2 Å². The van der Waals surface area contributed by atoms with Crippen molar-refractivity contribution in [3.8, 4) is 28.6 Å². The second-order valence-electron chi connectivity index (χ2n) is 6.17. The van der Waals surface area contributed by atoms with Crippen LogP contribution in [0.15, 0.2) is 75.9 Å². The summed E-state index contributed by atoms with van der Waals surface area (Å²) >= 11 is 6.13. The second kappa shape index (κ2) is 7.29. The average molecular weight is 395 g/mol. The standard InChI is InChI=1S/C22H15ClO5/c23-16-9-5-4-8-14(16)12-27-15-10-17(24)19-18(11-15)28-22(21(26)20(19)25)13-6-2-1-3-7-13/h1-11,24,26H,12H2. The number of benzene rings is 3. The van der Waals surface area contributed by atoms with Crippen molar-refractivity contribution in [3.63, 3.8) is 0 Å². The SMILES string of the molecule is O=c1c(O)c(-c2ccccc2)oc2cc(OCc3ccccc3Cl)cc(O)c12. The molecule has 0 saturated heterocycles. The van der Waals surface area contributed by atoms with Gasteiger partial charge in [0.1, 0.15) is 29.1 Å². The molecule has 4 aromatic rings. The molecule has 5 nitrogen and oxygen atoms in total. The summed E-state index contributed by atoms with van der Waals surface area (Å²) in [6, 6.07) is 18.8. The summed E-state index contributed by atoms with van der Waals surface area (Å²) in [5.74, 6) is -0.562. The smallest absolute Gasteiger partial charge is 0.238 e. The molecule has 0 bridgehead atoms. The van der Waals surface area contributed by atoms with Gasteiger partial charge in [0.2, 0.25) is 11.2 Å². The van der Waals surface area contributed by atoms with Crippen LogP contribution in [0.3, 0.4) is 0 Å². The summed E-state index contributed by atoms with van der Waals surface area (Å²) in [5, 5.41) is 21.0. The maximum absolute atomic E-state index is 12.6. The van der Waals surface area contributed by atoms with Gasteiger partial charge < -0.3 is 19.4 Å². The molecule has 28 heavy (non-hydrogen) atoms. The predicted molar refractivity (Wildman–Crippen MR) is 107 cm³/mol. The fourth-order valence-corrected chi connectivity index (χ4v) is 3.10. The van der Waals surface area contributed by atoms with Crippen molar-refractivity contribution in [2.45, 2.75) is 6.61 Å². The number of aromatic hydroxyl groups is 2. The average Bonchev–Trinajstić information content (AvgIpc) is 2.70. The van der Waals surface area contributed by atoms with Gasteiger partial charge in [-0.25, -0.2) is 0 Å². The Labute approximate surface area is 165 Å². The van der Waals surface area contributed by atoms with Crippen LogP contribution < -0.4 is 10.2 Å². The zero-order chi connectivity index (χ0) is 19.7. The molecule has 0 aliphatic heterocycles. The van der Waals surface area contributed by atoms with Crippen LogP contribution in [0.25, 0.3) is 22.3 Å². The van der Waals surface area contributed by atoms with E-state index < -0.39 is 11.2 Å². The summed E-state index contributed by atoms with van der Waals surface area (Å²) in [4.78, 5) is 12.6. The van der Waals surface area contributed by atoms with Gasteiger partial charge in [-0.1, -0.05) is 60.1 Å². The van der Waals surface area contributed by atoms with Gasteiger partial charge >= 0.3 is 0 Å². The first-order valence-electron chi connectivity index (χ1n) is 8.49. The summed E-state index contributed by atoms with van der Waals surface area (Å²) < 4.78 is 11.4. The third-order valence-electron chi connectivity index (χ3n) is 4.31. The predicted octanol–water partition coefficient (Wildman–Crippen LogP) is 5.10. The summed E-state index contributed by atoms with van der Waals surface area (Å²) in [5.41, 5.74) is 0.716. The highest BCUT2D eigenvalue weighted by Gasteiger charge is 2.19. The van der Waals surface area contributed by atoms with Gasteiger partial charge in [0.05, 0.1) is 0 Å². The zero-order valence-electron chi connectivity index (χ0n) is 14.6. The van der Waals surface area contributed by atoms with Gasteiger partial charge in [-0.15, -0.1) is 0 Å². The van der Waals surface area contributed by atoms with E-state index in [1.165, 1.54) is 12.1 Å². The first-order chi connectivity index (χ1) is 13.5. The van der Waals surface area contributed by atoms with Crippen molar-refractivity contribution in [2.75, 3.05) is 0 Å². The molecular weight excluding hydrogens is 380 g/mol. The maximum atomic E-state index is 12.6. The Kier molecular flexibility index (Phi) is 4.67. The zero-order valence-corrected chi connectivity index (χ0v) is 15.3. The van der Waals surface area contributed by atoms with E-state index in [4.69, 9.17) is 20.8 Å². The van der Waals surface area contributed by atoms with Crippen molar-refractivity contribution in [3.05, 3.63) is 87.5 Å². The topological polar surface area (TPSA) is 79.9 Å². The minimum Gasteiger partial charge on any atom is -0.507 e. The Morgan fingerprint density at radius 2 is 1.68 bits per heavy atom. The monoisotopic (exact) mass is 394 g/mol. The number of phenolic OH excluding ortho intramolecular Hbond substituents is 1. The van der Waals surface area contributed by atoms with E-state index in [-0.39, 0.29) is 29.1 Å². The number of rotatable bonds is 4. The first kappa shape index (κ1) is 17.9. The van der Waals surface area contributed by atoms with E-state index >= 15 is 0 Å². The number of ether oxygens (including phenoxy) is 1. The number of fused-ring (bicyclic) bond motifs is 1. The number of phenols is 1. The quantitative estimate of drug-likeness (QED) is 0.503. The van der Waals surface area contributed by atoms with Gasteiger partial charge in [-0.05, 0) is 6.07 Å². The third-order valence-corrected chi connectivity index (χ3v) is 4.68. The molecule has 3 aromatic carbocycles. The lowest BCUT2D eigenvalue weighted by Gasteiger charge is -2.11. The van der Waals surface area contributed by atoms with Gasteiger partial charge in [-0.2, -0.15) is 0 Å². The largest absolute Gasteiger partial charge is 0.507 e. The molecule has 0 amide bonds. The minimum atomic E-state index is -0.713. The Morgan fingerprint density at radius 1 is 0.964 bits per heavy atom. The van der Waals surface area contributed by atoms with Crippen LogP contribution in [0, 0.1) is 0 Å². The molecule has 1 heterocycles. The lowest BCUT2D eigenvalue weighted by molar-refractivity contribution is 0.304. The highest BCUT2D eigenvalue weighted by Crippen LogP contribution is 2.35. The molecule has 6 heteroatoms. The maximum Gasteiger partial charge on any atom is 0.238 e. The molecule has 0 unspecified atom stereocenters. The Hall–Kier alpha value is -3.44. The highest BCUT2D eigenvalue weighted by atomic mass is 35.5. The van der Waals surface area contributed by atoms with Crippen molar-refractivity contribution < 1.29 is 19.4 Å². The lowest BCUT2D eigenvalue weighted by Crippen LogP contribution is -2.04. The molecule has 4 rings (SSSR count). The lowest BCUT2D eigenvalue weighted by atomic mass is 10.1. The normalized spacial score (nSPS) is 10.9. The third kappa shape index (κ3) is 3.28. The van der Waals surface area contributed by atoms with E-state index in [0.717, 1.165) is 5.56 Å². The number of halogens is 1. The molecule has 0 fully saturated rings. The van der Waals surface area contributed by atoms with Crippen molar-refractivity contribution in [1.29, 1.82) is 0 Å². The Balaban J connectivity index is 1.78. The highest BCUT2D eigenvalue weighted by molar-refractivity contribution is 6.31. The van der Waals surface area contributed by atoms with Crippen LogP contribution in [0.1, 0.15) is 5.56 Å². The van der Waals surface area contributed by atoms with E-state index in [9.17, 15) is 15.0 Å². The molecule has 0 radical (unpaired) electrons. The molecule has 2 N–H and O–H groups in total. The van der Waals surface area contributed by atoms with Crippen molar-refractivity contribution >= 4 is 22.6 Å². The Bertz CT molecular complexity index is 1220. The van der Waals surface area contributed by atoms with Crippen LogP contribution in [0.2, 0.25) is 5.02 Å². The van der Waals surface area contributed by atoms with Gasteiger partial charge in [0, 0.05) is 28.3 Å². The van der Waals surface area contributed by atoms with Crippen molar-refractivity contribution in [1.82, 2.24) is 0 Å². The summed E-state index contributed by atoms with van der Waals surface area (Å²) in [6.45, 7) is 0.179. The molecule has 0 aliphatic rings. The van der Waals surface area contributed by atoms with Crippen LogP contribution in [-0.4, -0.2) is 10.2 Å². The van der Waals surface area contributed by atoms with Gasteiger partial charge in [0.25, 0.3) is 0 Å². The van der Waals surface area contributed by atoms with Gasteiger partial charge in [-0.3, -0.25) is 4.79 Å². The molecule has 0 aliphatic carbocycles. The Morgan fingerprint density at radius 3 is 2.43 bits per heavy atom. The van der Waals surface area contributed by atoms with Crippen LogP contribution in [0.4, 0.5) is 0 Å². The van der Waals surface area contributed by atoms with E-state index in [1.54, 1.807) is 30.3 Å². The van der Waals surface area contributed by atoms with E-state index in [1.807, 2.05) is 24.3 Å². The molecule has 1 aromatic heterocycles. The van der Waals surface area contributed by atoms with Crippen molar-refractivity contribution in [2.24, 2.45) is 0 Å². The first-order valence-corrected chi connectivity index (χ1v) is 8.87. The van der Waals surface area contributed by atoms with E-state index in [0.29, 0.717) is 16.3 Å². The summed E-state index contributed by atoms with van der Waals surface area (Å²) in [7, 11) is 0. The minimum absolute atomic E-state index is 0.0285. The molecule has 0 atom stereocenters. The number of hydrogen-bond donors (Lipinski definition) is 2. The second-order valence-corrected chi connectivity index (χ2v) is 6.58. The molecule has 0 saturated carbocycles. The fourth-order valence-electron chi connectivity index (χ4n) is 2.91. The molecule has 140 valence electrons. The molecular formula is C22H15ClO5.